The minimum absolute atomic E-state index is 0. The van der Waals surface area contributed by atoms with Gasteiger partial charge in [-0.25, -0.2) is 0 Å². The zero-order valence-corrected chi connectivity index (χ0v) is 11.0. The van der Waals surface area contributed by atoms with E-state index in [1.54, 1.807) is 0 Å². The minimum atomic E-state index is 0. The second-order valence-corrected chi connectivity index (χ2v) is 2.61. The molecule has 1 atom stereocenters. The Morgan fingerprint density at radius 3 is 0.786 bits per heavy atom. The van der Waals surface area contributed by atoms with Crippen molar-refractivity contribution in [1.29, 1.82) is 0 Å². The van der Waals surface area contributed by atoms with Crippen molar-refractivity contribution < 1.29 is 23.3 Å². The molecule has 0 bridgehead atoms. The summed E-state index contributed by atoms with van der Waals surface area (Å²) in [4.78, 5) is 0. The molecule has 0 aliphatic rings. The SMILES string of the molecule is CC[N+](CC)(CC)CC.F.F.F.P.[F-]. The highest BCUT2D eigenvalue weighted by Crippen LogP contribution is 2.03. The maximum Gasteiger partial charge on any atom is 0.0757 e. The Hall–Kier alpha value is 0.110. The third-order valence-electron chi connectivity index (χ3n) is 2.68. The van der Waals surface area contributed by atoms with E-state index in [-0.39, 0.29) is 28.7 Å². The van der Waals surface area contributed by atoms with Crippen LogP contribution in [0.1, 0.15) is 27.7 Å². The molecule has 1 nitrogen and oxygen atoms in total. The standard InChI is InChI=1S/C8H20N.4FH.H3P/c1-5-9(6-2,7-3)8-4;;;;;/h5-8H2,1-4H3;4*1H;1H3/q+1;;;;;/p-1. The average Bonchev–Trinajstić information content (AvgIpc) is 1.95. The molecule has 0 aromatic heterocycles. The van der Waals surface area contributed by atoms with Crippen molar-refractivity contribution in [3.63, 3.8) is 0 Å². The van der Waals surface area contributed by atoms with E-state index < -0.39 is 0 Å². The smallest absolute Gasteiger partial charge is 0.0757 e. The molecule has 0 aromatic rings. The predicted molar refractivity (Wildman–Crippen MR) is 61.0 cm³/mol. The van der Waals surface area contributed by atoms with Crippen LogP contribution in [-0.4, -0.2) is 30.7 Å². The van der Waals surface area contributed by atoms with Crippen LogP contribution in [0.25, 0.3) is 0 Å². The van der Waals surface area contributed by atoms with Crippen LogP contribution in [0.5, 0.6) is 0 Å². The number of quaternary nitrogens is 1. The van der Waals surface area contributed by atoms with Gasteiger partial charge in [-0.05, 0) is 27.7 Å². The molecule has 0 saturated carbocycles. The fraction of sp³-hybridized carbons (Fsp3) is 1.00. The lowest BCUT2D eigenvalue weighted by Gasteiger charge is -2.34. The van der Waals surface area contributed by atoms with Gasteiger partial charge in [0, 0.05) is 0 Å². The fourth-order valence-corrected chi connectivity index (χ4v) is 1.34. The largest absolute Gasteiger partial charge is 1.00 e. The maximum atomic E-state index is 2.27. The summed E-state index contributed by atoms with van der Waals surface area (Å²) in [7, 11) is 0. The first-order valence-electron chi connectivity index (χ1n) is 4.09. The lowest BCUT2D eigenvalue weighted by atomic mass is 10.3. The van der Waals surface area contributed by atoms with Gasteiger partial charge >= 0.3 is 0 Å². The number of rotatable bonds is 4. The number of hydrogen-bond acceptors (Lipinski definition) is 0. The Labute approximate surface area is 87.9 Å². The van der Waals surface area contributed by atoms with E-state index in [0.717, 1.165) is 0 Å². The van der Waals surface area contributed by atoms with Gasteiger partial charge in [0.1, 0.15) is 0 Å². The quantitative estimate of drug-likeness (QED) is 0.351. The highest BCUT2D eigenvalue weighted by molar-refractivity contribution is 6.92. The Balaban J connectivity index is -0.0000000320. The van der Waals surface area contributed by atoms with Crippen molar-refractivity contribution in [2.24, 2.45) is 0 Å². The maximum absolute atomic E-state index is 2.27. The fourth-order valence-electron chi connectivity index (χ4n) is 1.34. The summed E-state index contributed by atoms with van der Waals surface area (Å²) in [5, 5.41) is 0. The van der Waals surface area contributed by atoms with Gasteiger partial charge < -0.3 is 9.19 Å². The van der Waals surface area contributed by atoms with E-state index in [1.807, 2.05) is 0 Å². The molecule has 0 radical (unpaired) electrons. The monoisotopic (exact) mass is 243 g/mol. The molecule has 96 valence electrons. The van der Waals surface area contributed by atoms with E-state index >= 15 is 0 Å². The van der Waals surface area contributed by atoms with Crippen molar-refractivity contribution in [2.45, 2.75) is 27.7 Å². The van der Waals surface area contributed by atoms with Crippen molar-refractivity contribution in [2.75, 3.05) is 26.2 Å². The van der Waals surface area contributed by atoms with Crippen LogP contribution >= 0.6 is 9.90 Å². The molecule has 0 rings (SSSR count). The molecule has 0 saturated heterocycles. The second kappa shape index (κ2) is 18.8. The van der Waals surface area contributed by atoms with Crippen LogP contribution in [0.15, 0.2) is 0 Å². The van der Waals surface area contributed by atoms with Gasteiger partial charge in [0.15, 0.2) is 0 Å². The molecule has 1 unspecified atom stereocenters. The molecule has 0 aliphatic carbocycles. The third kappa shape index (κ3) is 10.2. The summed E-state index contributed by atoms with van der Waals surface area (Å²) in [5.41, 5.74) is 0. The summed E-state index contributed by atoms with van der Waals surface area (Å²) in [6.07, 6.45) is 0. The molecule has 0 spiro atoms. The molecule has 6 heteroatoms. The zero-order chi connectivity index (χ0) is 7.33. The highest BCUT2D eigenvalue weighted by atomic mass is 31.0. The van der Waals surface area contributed by atoms with Gasteiger partial charge in [0.05, 0.1) is 26.2 Å². The second-order valence-electron chi connectivity index (χ2n) is 2.61. The van der Waals surface area contributed by atoms with Crippen LogP contribution in [0.3, 0.4) is 0 Å². The number of halogens is 4. The molecule has 0 aromatic carbocycles. The van der Waals surface area contributed by atoms with E-state index in [2.05, 4.69) is 27.7 Å². The van der Waals surface area contributed by atoms with Crippen molar-refractivity contribution in [1.82, 2.24) is 0 Å². The van der Waals surface area contributed by atoms with Crippen LogP contribution in [-0.2, 0) is 0 Å². The van der Waals surface area contributed by atoms with Crippen molar-refractivity contribution in [3.05, 3.63) is 0 Å². The first-order chi connectivity index (χ1) is 4.24. The van der Waals surface area contributed by atoms with Crippen LogP contribution in [0, 0.1) is 0 Å². The first-order valence-corrected chi connectivity index (χ1v) is 4.09. The Kier molecular flexibility index (Phi) is 49.5. The first kappa shape index (κ1) is 36.9. The highest BCUT2D eigenvalue weighted by Gasteiger charge is 2.16. The van der Waals surface area contributed by atoms with Gasteiger partial charge in [-0.15, -0.1) is 0 Å². The number of nitrogens with zero attached hydrogens (tertiary/aromatic N) is 1. The van der Waals surface area contributed by atoms with E-state index in [0.29, 0.717) is 0 Å². The lowest BCUT2D eigenvalue weighted by molar-refractivity contribution is -0.921. The summed E-state index contributed by atoms with van der Waals surface area (Å²) >= 11 is 0. The molecule has 0 fully saturated rings. The average molecular weight is 243 g/mol. The minimum Gasteiger partial charge on any atom is -1.00 e. The molecule has 0 N–H and O–H groups in total. The Bertz CT molecular complexity index is 64.2. The van der Waals surface area contributed by atoms with E-state index in [9.17, 15) is 0 Å². The van der Waals surface area contributed by atoms with Crippen LogP contribution < -0.4 is 4.70 Å². The molecular weight excluding hydrogens is 217 g/mol. The van der Waals surface area contributed by atoms with Crippen molar-refractivity contribution in [3.8, 4) is 0 Å². The molecule has 0 heterocycles. The van der Waals surface area contributed by atoms with Crippen LogP contribution in [0.2, 0.25) is 0 Å². The normalized spacial score (nSPS) is 7.71. The van der Waals surface area contributed by atoms with Gasteiger partial charge in [0.2, 0.25) is 0 Å². The van der Waals surface area contributed by atoms with Gasteiger partial charge in [-0.1, -0.05) is 0 Å². The van der Waals surface area contributed by atoms with Crippen molar-refractivity contribution >= 4 is 9.90 Å². The summed E-state index contributed by atoms with van der Waals surface area (Å²) in [6.45, 7) is 14.2. The molecule has 0 amide bonds. The Morgan fingerprint density at radius 2 is 0.786 bits per heavy atom. The summed E-state index contributed by atoms with van der Waals surface area (Å²) in [5.74, 6) is 0. The van der Waals surface area contributed by atoms with Gasteiger partial charge in [-0.3, -0.25) is 14.1 Å². The van der Waals surface area contributed by atoms with Gasteiger partial charge in [-0.2, -0.15) is 9.90 Å². The molecule has 14 heavy (non-hydrogen) atoms. The third-order valence-corrected chi connectivity index (χ3v) is 2.68. The zero-order valence-electron chi connectivity index (χ0n) is 9.59. The summed E-state index contributed by atoms with van der Waals surface area (Å²) in [6, 6.07) is 0. The summed E-state index contributed by atoms with van der Waals surface area (Å²) < 4.78 is 1.28. The predicted octanol–water partition coefficient (Wildman–Crippen LogP) is -0.598. The van der Waals surface area contributed by atoms with E-state index in [1.165, 1.54) is 30.7 Å². The lowest BCUT2D eigenvalue weighted by Crippen LogP contribution is -3.00. The van der Waals surface area contributed by atoms with Crippen LogP contribution in [0.4, 0.5) is 14.1 Å². The topological polar surface area (TPSA) is 0 Å². The molecule has 0 aliphatic heterocycles. The Morgan fingerprint density at radius 1 is 0.643 bits per heavy atom. The van der Waals surface area contributed by atoms with E-state index in [4.69, 9.17) is 0 Å². The number of hydrogen-bond donors (Lipinski definition) is 0. The molecular formula is C8H26F4NP. The van der Waals surface area contributed by atoms with Gasteiger partial charge in [0.25, 0.3) is 0 Å².